The molecule has 1 N–H and O–H groups in total. The first-order valence-electron chi connectivity index (χ1n) is 11.4. The van der Waals surface area contributed by atoms with Crippen molar-refractivity contribution in [2.75, 3.05) is 13.7 Å². The standard InChI is InChI=1S/C26H28O6/c1-30-24-22(28)11-9-20(18-6-8-19-17(14-18)7-10-21(19)27)23(24)31-15-26(12-13-26)32-25(29)16-4-2-3-5-16/h6,8-9,11,14,16,28H,2-5,7,10,12-13,15H2,1H3. The molecule has 0 unspecified atom stereocenters. The second-order valence-electron chi connectivity index (χ2n) is 9.16. The Morgan fingerprint density at radius 1 is 1.06 bits per heavy atom. The quantitative estimate of drug-likeness (QED) is 0.626. The number of benzene rings is 2. The number of hydrogen-bond acceptors (Lipinski definition) is 6. The van der Waals surface area contributed by atoms with E-state index in [1.54, 1.807) is 12.1 Å². The minimum absolute atomic E-state index is 0.00691. The van der Waals surface area contributed by atoms with Crippen molar-refractivity contribution in [3.8, 4) is 28.4 Å². The van der Waals surface area contributed by atoms with Crippen molar-refractivity contribution < 1.29 is 28.9 Å². The Labute approximate surface area is 187 Å². The first-order valence-corrected chi connectivity index (χ1v) is 11.4. The van der Waals surface area contributed by atoms with Crippen LogP contribution >= 0.6 is 0 Å². The van der Waals surface area contributed by atoms with E-state index >= 15 is 0 Å². The fraction of sp³-hybridized carbons (Fsp3) is 0.462. The molecule has 0 heterocycles. The van der Waals surface area contributed by atoms with Crippen LogP contribution < -0.4 is 9.47 Å². The molecule has 2 saturated carbocycles. The van der Waals surface area contributed by atoms with Crippen LogP contribution in [0.5, 0.6) is 17.2 Å². The fourth-order valence-corrected chi connectivity index (χ4v) is 4.82. The molecule has 0 aromatic heterocycles. The highest BCUT2D eigenvalue weighted by Gasteiger charge is 2.49. The van der Waals surface area contributed by atoms with Crippen molar-refractivity contribution in [2.45, 2.75) is 57.0 Å². The topological polar surface area (TPSA) is 82.1 Å². The number of hydrogen-bond donors (Lipinski definition) is 1. The number of phenols is 1. The average Bonchev–Trinajstić information content (AvgIpc) is 3.18. The highest BCUT2D eigenvalue weighted by Crippen LogP contribution is 2.47. The van der Waals surface area contributed by atoms with Gasteiger partial charge in [0, 0.05) is 17.5 Å². The summed E-state index contributed by atoms with van der Waals surface area (Å²) in [5.74, 6) is 0.709. The molecule has 3 aliphatic carbocycles. The van der Waals surface area contributed by atoms with Crippen molar-refractivity contribution in [2.24, 2.45) is 5.92 Å². The molecule has 0 atom stereocenters. The minimum Gasteiger partial charge on any atom is -0.504 e. The number of aromatic hydroxyl groups is 1. The van der Waals surface area contributed by atoms with Crippen LogP contribution in [0.1, 0.15) is 60.9 Å². The number of aryl methyl sites for hydroxylation is 1. The van der Waals surface area contributed by atoms with E-state index in [9.17, 15) is 14.7 Å². The minimum atomic E-state index is -0.599. The Morgan fingerprint density at radius 2 is 1.81 bits per heavy atom. The summed E-state index contributed by atoms with van der Waals surface area (Å²) in [6, 6.07) is 9.12. The maximum atomic E-state index is 12.5. The molecule has 0 radical (unpaired) electrons. The Bertz CT molecular complexity index is 1060. The summed E-state index contributed by atoms with van der Waals surface area (Å²) >= 11 is 0. The summed E-state index contributed by atoms with van der Waals surface area (Å²) in [5.41, 5.74) is 2.85. The smallest absolute Gasteiger partial charge is 0.309 e. The predicted octanol–water partition coefficient (Wildman–Crippen LogP) is 4.84. The van der Waals surface area contributed by atoms with Gasteiger partial charge in [-0.25, -0.2) is 0 Å². The van der Waals surface area contributed by atoms with E-state index in [1.165, 1.54) is 7.11 Å². The van der Waals surface area contributed by atoms with Gasteiger partial charge in [-0.2, -0.15) is 0 Å². The van der Waals surface area contributed by atoms with Crippen LogP contribution in [-0.4, -0.2) is 36.2 Å². The van der Waals surface area contributed by atoms with E-state index < -0.39 is 5.60 Å². The van der Waals surface area contributed by atoms with Gasteiger partial charge in [-0.1, -0.05) is 31.0 Å². The van der Waals surface area contributed by atoms with Gasteiger partial charge in [0.2, 0.25) is 5.75 Å². The van der Waals surface area contributed by atoms with Gasteiger partial charge >= 0.3 is 5.97 Å². The van der Waals surface area contributed by atoms with Gasteiger partial charge in [-0.3, -0.25) is 9.59 Å². The molecule has 2 fully saturated rings. The van der Waals surface area contributed by atoms with Gasteiger partial charge < -0.3 is 19.3 Å². The van der Waals surface area contributed by atoms with Crippen molar-refractivity contribution >= 4 is 11.8 Å². The van der Waals surface area contributed by atoms with Gasteiger partial charge in [0.05, 0.1) is 13.0 Å². The second-order valence-corrected chi connectivity index (χ2v) is 9.16. The summed E-state index contributed by atoms with van der Waals surface area (Å²) in [4.78, 5) is 24.6. The molecule has 6 heteroatoms. The van der Waals surface area contributed by atoms with Gasteiger partial charge in [0.1, 0.15) is 12.2 Å². The summed E-state index contributed by atoms with van der Waals surface area (Å²) < 4.78 is 17.5. The summed E-state index contributed by atoms with van der Waals surface area (Å²) in [6.45, 7) is 0.210. The average molecular weight is 437 g/mol. The summed E-state index contributed by atoms with van der Waals surface area (Å²) in [6.07, 6.45) is 6.77. The van der Waals surface area contributed by atoms with Gasteiger partial charge in [0.15, 0.2) is 17.3 Å². The summed E-state index contributed by atoms with van der Waals surface area (Å²) in [7, 11) is 1.49. The van der Waals surface area contributed by atoms with Crippen molar-refractivity contribution in [3.05, 3.63) is 41.5 Å². The lowest BCUT2D eigenvalue weighted by atomic mass is 9.99. The summed E-state index contributed by atoms with van der Waals surface area (Å²) in [5, 5.41) is 10.4. The normalized spacial score (nSPS) is 19.0. The maximum Gasteiger partial charge on any atom is 0.309 e. The lowest BCUT2D eigenvalue weighted by Gasteiger charge is -2.22. The first-order chi connectivity index (χ1) is 15.5. The monoisotopic (exact) mass is 436 g/mol. The third kappa shape index (κ3) is 3.83. The Kier molecular flexibility index (Phi) is 5.31. The zero-order valence-corrected chi connectivity index (χ0v) is 18.3. The molecule has 0 aliphatic heterocycles. The molecule has 2 aromatic carbocycles. The van der Waals surface area contributed by atoms with Gasteiger partial charge in [-0.05, 0) is 55.4 Å². The number of Topliss-reactive ketones (excluding diaryl/α,β-unsaturated/α-hetero) is 1. The number of carbonyl (C=O) groups excluding carboxylic acids is 2. The number of ketones is 1. The third-order valence-electron chi connectivity index (χ3n) is 6.93. The zero-order valence-electron chi connectivity index (χ0n) is 18.3. The number of carbonyl (C=O) groups is 2. The van der Waals surface area contributed by atoms with Crippen molar-refractivity contribution in [1.82, 2.24) is 0 Å². The van der Waals surface area contributed by atoms with Crippen LogP contribution in [-0.2, 0) is 16.0 Å². The number of rotatable bonds is 7. The van der Waals surface area contributed by atoms with E-state index in [-0.39, 0.29) is 35.8 Å². The first kappa shape index (κ1) is 20.9. The lowest BCUT2D eigenvalue weighted by molar-refractivity contribution is -0.157. The van der Waals surface area contributed by atoms with Crippen LogP contribution in [0.25, 0.3) is 11.1 Å². The van der Waals surface area contributed by atoms with Crippen LogP contribution in [0.15, 0.2) is 30.3 Å². The van der Waals surface area contributed by atoms with E-state index in [1.807, 2.05) is 18.2 Å². The number of ether oxygens (including phenoxy) is 3. The molecule has 5 rings (SSSR count). The zero-order chi connectivity index (χ0) is 22.3. The molecule has 6 nitrogen and oxygen atoms in total. The van der Waals surface area contributed by atoms with Gasteiger partial charge in [-0.15, -0.1) is 0 Å². The third-order valence-corrected chi connectivity index (χ3v) is 6.93. The molecular formula is C26H28O6. The fourth-order valence-electron chi connectivity index (χ4n) is 4.82. The lowest BCUT2D eigenvalue weighted by Crippen LogP contribution is -2.30. The van der Waals surface area contributed by atoms with Crippen molar-refractivity contribution in [3.63, 3.8) is 0 Å². The van der Waals surface area contributed by atoms with E-state index in [2.05, 4.69) is 0 Å². The molecule has 3 aliphatic rings. The highest BCUT2D eigenvalue weighted by molar-refractivity contribution is 6.01. The molecule has 0 amide bonds. The van der Waals surface area contributed by atoms with Crippen LogP contribution in [0.4, 0.5) is 0 Å². The Balaban J connectivity index is 1.40. The van der Waals surface area contributed by atoms with Gasteiger partial charge in [0.25, 0.3) is 0 Å². The Morgan fingerprint density at radius 3 is 2.53 bits per heavy atom. The molecule has 0 bridgehead atoms. The highest BCUT2D eigenvalue weighted by atomic mass is 16.6. The molecule has 32 heavy (non-hydrogen) atoms. The van der Waals surface area contributed by atoms with Crippen LogP contribution in [0.3, 0.4) is 0 Å². The van der Waals surface area contributed by atoms with E-state index in [0.29, 0.717) is 12.2 Å². The molecular weight excluding hydrogens is 408 g/mol. The number of esters is 1. The molecule has 168 valence electrons. The number of fused-ring (bicyclic) bond motifs is 1. The number of methoxy groups -OCH3 is 1. The van der Waals surface area contributed by atoms with Crippen molar-refractivity contribution in [1.29, 1.82) is 0 Å². The molecule has 0 spiro atoms. The van der Waals surface area contributed by atoms with E-state index in [0.717, 1.165) is 67.2 Å². The van der Waals surface area contributed by atoms with Crippen LogP contribution in [0, 0.1) is 5.92 Å². The SMILES string of the molecule is COc1c(O)ccc(-c2ccc3c(c2)CCC3=O)c1OCC1(OC(=O)C2CCCC2)CC1. The second kappa shape index (κ2) is 8.15. The molecule has 2 aromatic rings. The predicted molar refractivity (Wildman–Crippen MR) is 118 cm³/mol. The molecule has 0 saturated heterocycles. The van der Waals surface area contributed by atoms with E-state index in [4.69, 9.17) is 14.2 Å². The Hall–Kier alpha value is -3.02. The number of phenolic OH excluding ortho intramolecular Hbond substituents is 1. The van der Waals surface area contributed by atoms with Crippen LogP contribution in [0.2, 0.25) is 0 Å². The largest absolute Gasteiger partial charge is 0.504 e. The maximum absolute atomic E-state index is 12.5.